The average Bonchev–Trinajstić information content (AvgIpc) is 2.47. The number of carbonyl (C=O) groups is 1. The highest BCUT2D eigenvalue weighted by Gasteiger charge is 2.06. The summed E-state index contributed by atoms with van der Waals surface area (Å²) in [4.78, 5) is 10.8. The minimum absolute atomic E-state index is 0.150. The first-order valence-electron chi connectivity index (χ1n) is 6.30. The Morgan fingerprint density at radius 2 is 1.95 bits per heavy atom. The predicted octanol–water partition coefficient (Wildman–Crippen LogP) is 3.95. The summed E-state index contributed by atoms with van der Waals surface area (Å²) >= 11 is 0. The van der Waals surface area contributed by atoms with E-state index in [0.29, 0.717) is 23.3 Å². The highest BCUT2D eigenvalue weighted by atomic mass is 19.1. The van der Waals surface area contributed by atoms with Gasteiger partial charge in [-0.2, -0.15) is 0 Å². The van der Waals surface area contributed by atoms with E-state index in [9.17, 15) is 9.18 Å². The molecule has 2 rings (SSSR count). The highest BCUT2D eigenvalue weighted by molar-refractivity contribution is 5.75. The third-order valence-electron chi connectivity index (χ3n) is 2.93. The van der Waals surface area contributed by atoms with Crippen LogP contribution in [0.3, 0.4) is 0 Å². The third-order valence-corrected chi connectivity index (χ3v) is 2.93. The number of halogens is 1. The van der Waals surface area contributed by atoms with Gasteiger partial charge in [-0.05, 0) is 36.2 Å². The summed E-state index contributed by atoms with van der Waals surface area (Å²) in [5, 5.41) is 0. The number of ether oxygens (including phenoxy) is 1. The molecular formula is C17H15FO2. The second kappa shape index (κ2) is 6.66. The van der Waals surface area contributed by atoms with Gasteiger partial charge < -0.3 is 4.74 Å². The minimum atomic E-state index is -0.290. The van der Waals surface area contributed by atoms with Crippen LogP contribution in [0.15, 0.2) is 55.1 Å². The molecule has 3 heteroatoms. The van der Waals surface area contributed by atoms with Crippen LogP contribution in [-0.2, 0) is 13.0 Å². The molecule has 2 nitrogen and oxygen atoms in total. The van der Waals surface area contributed by atoms with E-state index in [2.05, 4.69) is 6.58 Å². The van der Waals surface area contributed by atoms with Crippen LogP contribution in [0.25, 0.3) is 0 Å². The van der Waals surface area contributed by atoms with Crippen molar-refractivity contribution in [2.24, 2.45) is 0 Å². The van der Waals surface area contributed by atoms with Gasteiger partial charge in [0.2, 0.25) is 0 Å². The molecule has 0 unspecified atom stereocenters. The van der Waals surface area contributed by atoms with Crippen molar-refractivity contribution in [2.75, 3.05) is 0 Å². The van der Waals surface area contributed by atoms with Gasteiger partial charge in [0.25, 0.3) is 0 Å². The molecule has 0 aliphatic rings. The number of carbonyl (C=O) groups excluding carboxylic acids is 1. The first-order valence-corrected chi connectivity index (χ1v) is 6.30. The van der Waals surface area contributed by atoms with Crippen LogP contribution < -0.4 is 4.74 Å². The number of benzene rings is 2. The minimum Gasteiger partial charge on any atom is -0.489 e. The quantitative estimate of drug-likeness (QED) is 0.587. The molecule has 2 aromatic rings. The topological polar surface area (TPSA) is 26.3 Å². The van der Waals surface area contributed by atoms with Crippen molar-refractivity contribution in [3.63, 3.8) is 0 Å². The molecule has 0 saturated carbocycles. The van der Waals surface area contributed by atoms with Crippen molar-refractivity contribution >= 4 is 6.29 Å². The van der Waals surface area contributed by atoms with Gasteiger partial charge in [-0.15, -0.1) is 6.58 Å². The Labute approximate surface area is 117 Å². The van der Waals surface area contributed by atoms with Gasteiger partial charge in [-0.3, -0.25) is 4.79 Å². The Morgan fingerprint density at radius 1 is 1.15 bits per heavy atom. The zero-order valence-corrected chi connectivity index (χ0v) is 11.0. The number of hydrogen-bond acceptors (Lipinski definition) is 2. The summed E-state index contributed by atoms with van der Waals surface area (Å²) in [6.07, 6.45) is 3.11. The molecule has 0 bridgehead atoms. The van der Waals surface area contributed by atoms with Gasteiger partial charge in [0.1, 0.15) is 24.5 Å². The molecule has 0 aliphatic carbocycles. The van der Waals surface area contributed by atoms with Crippen LogP contribution in [0.1, 0.15) is 21.5 Å². The Balaban J connectivity index is 2.18. The summed E-state index contributed by atoms with van der Waals surface area (Å²) in [7, 11) is 0. The number of aldehydes is 1. The van der Waals surface area contributed by atoms with Gasteiger partial charge in [-0.25, -0.2) is 4.39 Å². The molecule has 20 heavy (non-hydrogen) atoms. The summed E-state index contributed by atoms with van der Waals surface area (Å²) in [5.41, 5.74) is 1.94. The maximum Gasteiger partial charge on any atom is 0.150 e. The van der Waals surface area contributed by atoms with Crippen molar-refractivity contribution in [3.05, 3.63) is 77.6 Å². The Kier molecular flexibility index (Phi) is 4.66. The van der Waals surface area contributed by atoms with E-state index in [-0.39, 0.29) is 12.4 Å². The van der Waals surface area contributed by atoms with Crippen LogP contribution in [-0.4, -0.2) is 6.29 Å². The van der Waals surface area contributed by atoms with Crippen molar-refractivity contribution in [1.29, 1.82) is 0 Å². The normalized spacial score (nSPS) is 10.1. The van der Waals surface area contributed by atoms with Crippen molar-refractivity contribution in [1.82, 2.24) is 0 Å². The lowest BCUT2D eigenvalue weighted by Crippen LogP contribution is -2.01. The van der Waals surface area contributed by atoms with Crippen LogP contribution in [0, 0.1) is 5.82 Å². The number of allylic oxidation sites excluding steroid dienone is 1. The van der Waals surface area contributed by atoms with Gasteiger partial charge in [0.15, 0.2) is 0 Å². The zero-order chi connectivity index (χ0) is 14.4. The van der Waals surface area contributed by atoms with Gasteiger partial charge in [0, 0.05) is 11.1 Å². The van der Waals surface area contributed by atoms with E-state index in [4.69, 9.17) is 4.74 Å². The highest BCUT2D eigenvalue weighted by Crippen LogP contribution is 2.22. The second-order valence-corrected chi connectivity index (χ2v) is 4.36. The molecule has 102 valence electrons. The average molecular weight is 270 g/mol. The summed E-state index contributed by atoms with van der Waals surface area (Å²) in [6, 6.07) is 11.6. The summed E-state index contributed by atoms with van der Waals surface area (Å²) in [5.74, 6) is 0.348. The van der Waals surface area contributed by atoms with E-state index in [1.165, 1.54) is 6.07 Å². The maximum atomic E-state index is 13.5. The van der Waals surface area contributed by atoms with Crippen LogP contribution >= 0.6 is 0 Å². The zero-order valence-electron chi connectivity index (χ0n) is 11.0. The van der Waals surface area contributed by atoms with Gasteiger partial charge in [0.05, 0.1) is 0 Å². The first-order chi connectivity index (χ1) is 9.74. The summed E-state index contributed by atoms with van der Waals surface area (Å²) in [6.45, 7) is 3.83. The monoisotopic (exact) mass is 270 g/mol. The molecule has 0 heterocycles. The van der Waals surface area contributed by atoms with Crippen molar-refractivity contribution in [2.45, 2.75) is 13.0 Å². The maximum absolute atomic E-state index is 13.5. The lowest BCUT2D eigenvalue weighted by molar-refractivity contribution is 0.112. The second-order valence-electron chi connectivity index (χ2n) is 4.36. The van der Waals surface area contributed by atoms with E-state index >= 15 is 0 Å². The van der Waals surface area contributed by atoms with Gasteiger partial charge >= 0.3 is 0 Å². The SMILES string of the molecule is C=CCc1cc(C=O)ccc1OCc1ccccc1F. The lowest BCUT2D eigenvalue weighted by atomic mass is 10.1. The molecule has 0 amide bonds. The van der Waals surface area contributed by atoms with E-state index in [1.54, 1.807) is 42.5 Å². The predicted molar refractivity (Wildman–Crippen MR) is 76.5 cm³/mol. The lowest BCUT2D eigenvalue weighted by Gasteiger charge is -2.11. The molecule has 0 aliphatic heterocycles. The van der Waals surface area contributed by atoms with Gasteiger partial charge in [-0.1, -0.05) is 24.3 Å². The molecular weight excluding hydrogens is 255 g/mol. The van der Waals surface area contributed by atoms with E-state index < -0.39 is 0 Å². The molecule has 2 aromatic carbocycles. The smallest absolute Gasteiger partial charge is 0.150 e. The Bertz CT molecular complexity index is 620. The largest absolute Gasteiger partial charge is 0.489 e. The molecule has 0 fully saturated rings. The molecule has 0 N–H and O–H groups in total. The fourth-order valence-electron chi connectivity index (χ4n) is 1.90. The standard InChI is InChI=1S/C17H15FO2/c1-2-5-14-10-13(11-19)8-9-17(14)20-12-15-6-3-4-7-16(15)18/h2-4,6-11H,1,5,12H2. The number of hydrogen-bond donors (Lipinski definition) is 0. The third kappa shape index (κ3) is 3.32. The van der Waals surface area contributed by atoms with Crippen LogP contribution in [0.5, 0.6) is 5.75 Å². The molecule has 0 atom stereocenters. The fraction of sp³-hybridized carbons (Fsp3) is 0.118. The molecule has 0 radical (unpaired) electrons. The molecule has 0 aromatic heterocycles. The summed E-state index contributed by atoms with van der Waals surface area (Å²) < 4.78 is 19.2. The first kappa shape index (κ1) is 14.0. The molecule has 0 saturated heterocycles. The number of rotatable bonds is 6. The fourth-order valence-corrected chi connectivity index (χ4v) is 1.90. The Morgan fingerprint density at radius 3 is 2.65 bits per heavy atom. The van der Waals surface area contributed by atoms with Crippen LogP contribution in [0.2, 0.25) is 0 Å². The Hall–Kier alpha value is -2.42. The van der Waals surface area contributed by atoms with Crippen molar-refractivity contribution in [3.8, 4) is 5.75 Å². The van der Waals surface area contributed by atoms with Crippen molar-refractivity contribution < 1.29 is 13.9 Å². The van der Waals surface area contributed by atoms with Crippen LogP contribution in [0.4, 0.5) is 4.39 Å². The van der Waals surface area contributed by atoms with E-state index in [0.717, 1.165) is 11.8 Å². The van der Waals surface area contributed by atoms with E-state index in [1.807, 2.05) is 0 Å². The molecule has 0 spiro atoms.